The molecule has 1 heterocycles. The first kappa shape index (κ1) is 11.3. The van der Waals surface area contributed by atoms with E-state index in [0.29, 0.717) is 12.4 Å². The van der Waals surface area contributed by atoms with E-state index < -0.39 is 0 Å². The van der Waals surface area contributed by atoms with Crippen LogP contribution in [0.3, 0.4) is 0 Å². The molecule has 0 aliphatic heterocycles. The summed E-state index contributed by atoms with van der Waals surface area (Å²) in [7, 11) is 1.61. The SMILES string of the molecule is COc1cccc(CNCC(C)Cl)n1. The Hall–Kier alpha value is -0.800. The van der Waals surface area contributed by atoms with Gasteiger partial charge in [-0.2, -0.15) is 0 Å². The summed E-state index contributed by atoms with van der Waals surface area (Å²) in [6, 6.07) is 5.70. The van der Waals surface area contributed by atoms with E-state index in [9.17, 15) is 0 Å². The number of rotatable bonds is 5. The molecule has 1 N–H and O–H groups in total. The van der Waals surface area contributed by atoms with Crippen molar-refractivity contribution in [3.8, 4) is 5.88 Å². The molecular formula is C10H15ClN2O. The Bertz CT molecular complexity index is 279. The van der Waals surface area contributed by atoms with Gasteiger partial charge in [-0.1, -0.05) is 6.07 Å². The van der Waals surface area contributed by atoms with Gasteiger partial charge < -0.3 is 10.1 Å². The maximum atomic E-state index is 5.79. The lowest BCUT2D eigenvalue weighted by Gasteiger charge is -2.06. The van der Waals surface area contributed by atoms with Crippen molar-refractivity contribution >= 4 is 11.6 Å². The van der Waals surface area contributed by atoms with Crippen LogP contribution in [0.4, 0.5) is 0 Å². The quantitative estimate of drug-likeness (QED) is 0.760. The third kappa shape index (κ3) is 3.94. The van der Waals surface area contributed by atoms with E-state index in [1.54, 1.807) is 7.11 Å². The molecule has 0 fully saturated rings. The fraction of sp³-hybridized carbons (Fsp3) is 0.500. The number of methoxy groups -OCH3 is 1. The molecule has 0 amide bonds. The van der Waals surface area contributed by atoms with Crippen molar-refractivity contribution in [2.45, 2.75) is 18.8 Å². The summed E-state index contributed by atoms with van der Waals surface area (Å²) in [5.74, 6) is 0.642. The number of nitrogens with zero attached hydrogens (tertiary/aromatic N) is 1. The van der Waals surface area contributed by atoms with Crippen LogP contribution in [-0.2, 0) is 6.54 Å². The minimum absolute atomic E-state index is 0.139. The molecule has 14 heavy (non-hydrogen) atoms. The van der Waals surface area contributed by atoms with Gasteiger partial charge in [-0.25, -0.2) is 4.98 Å². The minimum atomic E-state index is 0.139. The lowest BCUT2D eigenvalue weighted by atomic mass is 10.3. The van der Waals surface area contributed by atoms with Gasteiger partial charge in [0.1, 0.15) is 0 Å². The van der Waals surface area contributed by atoms with Crippen LogP contribution in [0.5, 0.6) is 5.88 Å². The molecule has 1 aromatic rings. The van der Waals surface area contributed by atoms with Gasteiger partial charge in [0, 0.05) is 24.5 Å². The highest BCUT2D eigenvalue weighted by molar-refractivity contribution is 6.20. The molecule has 0 bridgehead atoms. The Morgan fingerprint density at radius 1 is 1.57 bits per heavy atom. The number of ether oxygens (including phenoxy) is 1. The van der Waals surface area contributed by atoms with Crippen LogP contribution in [0.15, 0.2) is 18.2 Å². The summed E-state index contributed by atoms with van der Waals surface area (Å²) in [6.45, 7) is 3.45. The number of aromatic nitrogens is 1. The highest BCUT2D eigenvalue weighted by Gasteiger charge is 1.98. The van der Waals surface area contributed by atoms with Gasteiger partial charge in [-0.05, 0) is 13.0 Å². The standard InChI is InChI=1S/C10H15ClN2O/c1-8(11)6-12-7-9-4-3-5-10(13-9)14-2/h3-5,8,12H,6-7H2,1-2H3. The predicted molar refractivity (Wildman–Crippen MR) is 57.8 cm³/mol. The molecule has 4 heteroatoms. The molecule has 0 radical (unpaired) electrons. The fourth-order valence-corrected chi connectivity index (χ4v) is 1.18. The van der Waals surface area contributed by atoms with Crippen LogP contribution in [0.25, 0.3) is 0 Å². The molecule has 78 valence electrons. The zero-order chi connectivity index (χ0) is 10.4. The lowest BCUT2D eigenvalue weighted by molar-refractivity contribution is 0.395. The van der Waals surface area contributed by atoms with E-state index in [2.05, 4.69) is 10.3 Å². The summed E-state index contributed by atoms with van der Waals surface area (Å²) in [5.41, 5.74) is 0.960. The average molecular weight is 215 g/mol. The first-order valence-electron chi connectivity index (χ1n) is 4.57. The van der Waals surface area contributed by atoms with Crippen molar-refractivity contribution in [1.29, 1.82) is 0 Å². The average Bonchev–Trinajstić information content (AvgIpc) is 2.18. The number of nitrogens with one attached hydrogen (secondary N) is 1. The first-order valence-corrected chi connectivity index (χ1v) is 5.00. The second-order valence-electron chi connectivity index (χ2n) is 3.08. The van der Waals surface area contributed by atoms with Crippen LogP contribution >= 0.6 is 11.6 Å². The van der Waals surface area contributed by atoms with E-state index >= 15 is 0 Å². The molecule has 0 aliphatic rings. The molecule has 0 aromatic carbocycles. The van der Waals surface area contributed by atoms with Crippen molar-refractivity contribution in [2.24, 2.45) is 0 Å². The van der Waals surface area contributed by atoms with Crippen LogP contribution in [0.2, 0.25) is 0 Å². The molecule has 1 aromatic heterocycles. The van der Waals surface area contributed by atoms with Crippen LogP contribution in [0.1, 0.15) is 12.6 Å². The highest BCUT2D eigenvalue weighted by atomic mass is 35.5. The van der Waals surface area contributed by atoms with Gasteiger partial charge in [-0.15, -0.1) is 11.6 Å². The molecule has 3 nitrogen and oxygen atoms in total. The molecule has 0 aliphatic carbocycles. The van der Waals surface area contributed by atoms with Crippen LogP contribution in [0, 0.1) is 0 Å². The van der Waals surface area contributed by atoms with Crippen molar-refractivity contribution in [3.63, 3.8) is 0 Å². The van der Waals surface area contributed by atoms with Crippen molar-refractivity contribution in [2.75, 3.05) is 13.7 Å². The summed E-state index contributed by atoms with van der Waals surface area (Å²) in [5, 5.41) is 3.34. The number of alkyl halides is 1. The highest BCUT2D eigenvalue weighted by Crippen LogP contribution is 2.06. The van der Waals surface area contributed by atoms with Crippen molar-refractivity contribution in [1.82, 2.24) is 10.3 Å². The van der Waals surface area contributed by atoms with E-state index in [1.807, 2.05) is 25.1 Å². The van der Waals surface area contributed by atoms with Gasteiger partial charge in [0.2, 0.25) is 5.88 Å². The summed E-state index contributed by atoms with van der Waals surface area (Å²) in [6.07, 6.45) is 0. The van der Waals surface area contributed by atoms with Gasteiger partial charge >= 0.3 is 0 Å². The zero-order valence-electron chi connectivity index (χ0n) is 8.46. The molecule has 1 atom stereocenters. The van der Waals surface area contributed by atoms with Gasteiger partial charge in [-0.3, -0.25) is 0 Å². The second-order valence-corrected chi connectivity index (χ2v) is 3.83. The Balaban J connectivity index is 2.42. The van der Waals surface area contributed by atoms with E-state index in [-0.39, 0.29) is 5.38 Å². The van der Waals surface area contributed by atoms with Gasteiger partial charge in [0.25, 0.3) is 0 Å². The van der Waals surface area contributed by atoms with Crippen molar-refractivity contribution in [3.05, 3.63) is 23.9 Å². The predicted octanol–water partition coefficient (Wildman–Crippen LogP) is 1.81. The molecule has 0 spiro atoms. The van der Waals surface area contributed by atoms with E-state index in [0.717, 1.165) is 12.2 Å². The maximum Gasteiger partial charge on any atom is 0.213 e. The molecular weight excluding hydrogens is 200 g/mol. The Labute approximate surface area is 89.4 Å². The normalized spacial score (nSPS) is 12.5. The summed E-state index contributed by atoms with van der Waals surface area (Å²) in [4.78, 5) is 4.26. The van der Waals surface area contributed by atoms with Crippen molar-refractivity contribution < 1.29 is 4.74 Å². The lowest BCUT2D eigenvalue weighted by Crippen LogP contribution is -2.21. The number of hydrogen-bond donors (Lipinski definition) is 1. The first-order chi connectivity index (χ1) is 6.72. The smallest absolute Gasteiger partial charge is 0.213 e. The summed E-state index contributed by atoms with van der Waals surface area (Å²) < 4.78 is 5.02. The largest absolute Gasteiger partial charge is 0.481 e. The van der Waals surface area contributed by atoms with Gasteiger partial charge in [0.15, 0.2) is 0 Å². The fourth-order valence-electron chi connectivity index (χ4n) is 1.07. The van der Waals surface area contributed by atoms with Crippen LogP contribution < -0.4 is 10.1 Å². The monoisotopic (exact) mass is 214 g/mol. The third-order valence-corrected chi connectivity index (χ3v) is 1.88. The topological polar surface area (TPSA) is 34.1 Å². The second kappa shape index (κ2) is 5.83. The minimum Gasteiger partial charge on any atom is -0.481 e. The molecule has 0 saturated carbocycles. The number of pyridine rings is 1. The zero-order valence-corrected chi connectivity index (χ0v) is 9.21. The maximum absolute atomic E-state index is 5.79. The van der Waals surface area contributed by atoms with E-state index in [1.165, 1.54) is 0 Å². The third-order valence-electron chi connectivity index (χ3n) is 1.72. The number of hydrogen-bond acceptors (Lipinski definition) is 3. The summed E-state index contributed by atoms with van der Waals surface area (Å²) >= 11 is 5.79. The van der Waals surface area contributed by atoms with E-state index in [4.69, 9.17) is 16.3 Å². The Kier molecular flexibility index (Phi) is 4.70. The van der Waals surface area contributed by atoms with Crippen LogP contribution in [-0.4, -0.2) is 24.0 Å². The van der Waals surface area contributed by atoms with Gasteiger partial charge in [0.05, 0.1) is 12.8 Å². The Morgan fingerprint density at radius 3 is 3.00 bits per heavy atom. The molecule has 0 saturated heterocycles. The molecule has 1 rings (SSSR count). The Morgan fingerprint density at radius 2 is 2.36 bits per heavy atom. The number of halogens is 1. The molecule has 1 unspecified atom stereocenters.